The summed E-state index contributed by atoms with van der Waals surface area (Å²) in [6.45, 7) is 5.47. The highest BCUT2D eigenvalue weighted by Gasteiger charge is 2.22. The van der Waals surface area contributed by atoms with Crippen LogP contribution in [0.3, 0.4) is 0 Å². The molecule has 0 aliphatic heterocycles. The van der Waals surface area contributed by atoms with E-state index in [4.69, 9.17) is 11.6 Å². The lowest BCUT2D eigenvalue weighted by molar-refractivity contribution is -0.141. The molecule has 0 saturated carbocycles. The largest absolute Gasteiger partial charge is 0.375 e. The van der Waals surface area contributed by atoms with Crippen molar-refractivity contribution in [3.05, 3.63) is 0 Å². The Morgan fingerprint density at radius 2 is 1.37 bits per heavy atom. The average molecular weight is 430 g/mol. The Balaban J connectivity index is 3.53. The first-order valence-corrected chi connectivity index (χ1v) is 11.1. The van der Waals surface area contributed by atoms with Crippen molar-refractivity contribution in [2.45, 2.75) is 76.9 Å². The lowest BCUT2D eigenvalue weighted by Crippen LogP contribution is -2.46. The second-order valence-electron chi connectivity index (χ2n) is 7.56. The number of nitrogens with two attached hydrogens (primary N) is 2. The average Bonchev–Trinajstić information content (AvgIpc) is 2.72. The van der Waals surface area contributed by atoms with Crippen LogP contribution in [-0.4, -0.2) is 68.1 Å². The molecule has 0 aromatic heterocycles. The molecule has 0 heterocycles. The van der Waals surface area contributed by atoms with Gasteiger partial charge >= 0.3 is 0 Å². The maximum atomic E-state index is 11.8. The van der Waals surface area contributed by atoms with Crippen molar-refractivity contribution in [3.8, 4) is 0 Å². The molecule has 2 unspecified atom stereocenters. The number of carbonyl (C=O) groups excluding carboxylic acids is 2. The molecule has 0 aliphatic rings. The maximum absolute atomic E-state index is 11.8. The number of nitrogens with zero attached hydrogens (tertiary/aromatic N) is 1. The van der Waals surface area contributed by atoms with E-state index in [0.29, 0.717) is 13.1 Å². The summed E-state index contributed by atoms with van der Waals surface area (Å²) in [6, 6.07) is 0.194. The first-order valence-electron chi connectivity index (χ1n) is 11.1. The van der Waals surface area contributed by atoms with Crippen LogP contribution in [0, 0.1) is 0 Å². The summed E-state index contributed by atoms with van der Waals surface area (Å²) in [7, 11) is 0. The fourth-order valence-corrected chi connectivity index (χ4v) is 2.74. The highest BCUT2D eigenvalue weighted by atomic mass is 16.3. The molecule has 0 radical (unpaired) electrons. The van der Waals surface area contributed by atoms with Gasteiger partial charge in [-0.05, 0) is 52.1 Å². The first kappa shape index (κ1) is 28.1. The highest BCUT2D eigenvalue weighted by Crippen LogP contribution is 2.04. The molecule has 0 rings (SSSR count). The van der Waals surface area contributed by atoms with E-state index in [0.717, 1.165) is 77.4 Å². The topological polar surface area (TPSA) is 167 Å². The number of unbranched alkanes of at least 4 members (excludes halogenated alkanes) is 6. The van der Waals surface area contributed by atoms with Crippen LogP contribution in [-0.2, 0) is 9.59 Å². The van der Waals surface area contributed by atoms with Crippen LogP contribution >= 0.6 is 0 Å². The van der Waals surface area contributed by atoms with Gasteiger partial charge in [0.2, 0.25) is 6.10 Å². The summed E-state index contributed by atoms with van der Waals surface area (Å²) in [5.74, 6) is 3.69. The first-order chi connectivity index (χ1) is 14.5. The van der Waals surface area contributed by atoms with Crippen molar-refractivity contribution in [3.63, 3.8) is 0 Å². The number of amides is 2. The van der Waals surface area contributed by atoms with Gasteiger partial charge in [-0.2, -0.15) is 5.10 Å². The molecule has 2 amide bonds. The van der Waals surface area contributed by atoms with Crippen molar-refractivity contribution >= 4 is 18.2 Å². The maximum Gasteiger partial charge on any atom is 0.258 e. The molecule has 30 heavy (non-hydrogen) atoms. The van der Waals surface area contributed by atoms with Gasteiger partial charge in [-0.3, -0.25) is 9.59 Å². The third-order valence-electron chi connectivity index (χ3n) is 4.57. The summed E-state index contributed by atoms with van der Waals surface area (Å²) in [4.78, 5) is 23.7. The number of nitrogens with one attached hydrogen (secondary N) is 4. The minimum absolute atomic E-state index is 0.194. The Labute approximate surface area is 181 Å². The van der Waals surface area contributed by atoms with Gasteiger partial charge in [0, 0.05) is 25.7 Å². The van der Waals surface area contributed by atoms with E-state index in [2.05, 4.69) is 26.4 Å². The molecular formula is C20H43N7O3. The van der Waals surface area contributed by atoms with E-state index in [1.807, 2.05) is 6.92 Å². The molecule has 176 valence electrons. The Hall–Kier alpha value is -1.91. The minimum Gasteiger partial charge on any atom is -0.375 e. The molecule has 0 fully saturated rings. The van der Waals surface area contributed by atoms with E-state index in [-0.39, 0.29) is 6.04 Å². The molecule has 0 aromatic carbocycles. The van der Waals surface area contributed by atoms with E-state index >= 15 is 0 Å². The molecule has 0 spiro atoms. The molecule has 0 aliphatic carbocycles. The number of hydrazone groups is 1. The van der Waals surface area contributed by atoms with Crippen LogP contribution in [0.4, 0.5) is 0 Å². The van der Waals surface area contributed by atoms with Gasteiger partial charge in [0.15, 0.2) is 0 Å². The molecule has 10 nitrogen and oxygen atoms in total. The number of hydrogen-bond acceptors (Lipinski definition) is 7. The van der Waals surface area contributed by atoms with Gasteiger partial charge in [0.1, 0.15) is 6.34 Å². The van der Waals surface area contributed by atoms with Crippen LogP contribution < -0.4 is 32.8 Å². The summed E-state index contributed by atoms with van der Waals surface area (Å²) in [5.41, 5.74) is 5.67. The van der Waals surface area contributed by atoms with Gasteiger partial charge < -0.3 is 38.0 Å². The monoisotopic (exact) mass is 429 g/mol. The third kappa shape index (κ3) is 18.1. The molecule has 10 heteroatoms. The second-order valence-corrected chi connectivity index (χ2v) is 7.56. The molecule has 0 aromatic rings. The van der Waals surface area contributed by atoms with E-state index in [1.54, 1.807) is 0 Å². The van der Waals surface area contributed by atoms with Crippen LogP contribution in [0.2, 0.25) is 0 Å². The molecule has 0 saturated heterocycles. The number of rotatable bonds is 20. The number of carbonyl (C=O) groups is 2. The fraction of sp³-hybridized carbons (Fsp3) is 0.850. The number of hydrogen-bond donors (Lipinski definition) is 7. The predicted octanol–water partition coefficient (Wildman–Crippen LogP) is -0.481. The Morgan fingerprint density at radius 1 is 0.867 bits per heavy atom. The summed E-state index contributed by atoms with van der Waals surface area (Å²) >= 11 is 0. The van der Waals surface area contributed by atoms with Gasteiger partial charge in [-0.1, -0.05) is 25.7 Å². The molecular weight excluding hydrogens is 386 g/mol. The molecule has 2 atom stereocenters. The van der Waals surface area contributed by atoms with Crippen LogP contribution in [0.15, 0.2) is 5.10 Å². The quantitative estimate of drug-likeness (QED) is 0.0342. The van der Waals surface area contributed by atoms with E-state index in [9.17, 15) is 14.7 Å². The van der Waals surface area contributed by atoms with Crippen LogP contribution in [0.25, 0.3) is 0 Å². The lowest BCUT2D eigenvalue weighted by Gasteiger charge is -2.12. The zero-order valence-corrected chi connectivity index (χ0v) is 18.5. The Morgan fingerprint density at radius 3 is 1.93 bits per heavy atom. The van der Waals surface area contributed by atoms with Gasteiger partial charge in [0.05, 0.1) is 0 Å². The SMILES string of the molecule is CC(N)CCNCCCCNC(=O)C(O)C(=O)NCCCCCCCCNC=NN. The minimum atomic E-state index is -1.65. The van der Waals surface area contributed by atoms with Crippen molar-refractivity contribution in [1.82, 2.24) is 21.3 Å². The van der Waals surface area contributed by atoms with Crippen molar-refractivity contribution in [1.29, 1.82) is 0 Å². The third-order valence-corrected chi connectivity index (χ3v) is 4.57. The summed E-state index contributed by atoms with van der Waals surface area (Å²) in [5, 5.41) is 24.6. The fourth-order valence-electron chi connectivity index (χ4n) is 2.74. The van der Waals surface area contributed by atoms with Crippen LogP contribution in [0.5, 0.6) is 0 Å². The summed E-state index contributed by atoms with van der Waals surface area (Å²) < 4.78 is 0. The van der Waals surface area contributed by atoms with Gasteiger partial charge in [0.25, 0.3) is 11.8 Å². The zero-order valence-electron chi connectivity index (χ0n) is 18.5. The van der Waals surface area contributed by atoms with Crippen molar-refractivity contribution in [2.24, 2.45) is 16.7 Å². The molecule has 9 N–H and O–H groups in total. The Kier molecular flexibility index (Phi) is 19.1. The highest BCUT2D eigenvalue weighted by molar-refractivity contribution is 6.02. The van der Waals surface area contributed by atoms with Crippen molar-refractivity contribution < 1.29 is 14.7 Å². The lowest BCUT2D eigenvalue weighted by atomic mass is 10.1. The standard InChI is InChI=1S/C20H43N7O3/c1-17(21)10-15-23-11-8-9-14-26-20(30)18(28)19(29)25-13-7-5-3-2-4-6-12-24-16-27-22/h16-18,23,28H,2-15,21-22H2,1H3,(H,24,27)(H,25,29)(H,26,30). The Bertz CT molecular complexity index is 462. The zero-order chi connectivity index (χ0) is 22.5. The van der Waals surface area contributed by atoms with Gasteiger partial charge in [-0.15, -0.1) is 0 Å². The second kappa shape index (κ2) is 20.4. The number of aliphatic hydroxyl groups excluding tert-OH is 1. The number of aliphatic hydroxyl groups is 1. The van der Waals surface area contributed by atoms with E-state index < -0.39 is 17.9 Å². The normalized spacial score (nSPS) is 13.2. The van der Waals surface area contributed by atoms with Crippen LogP contribution in [0.1, 0.15) is 64.7 Å². The predicted molar refractivity (Wildman–Crippen MR) is 121 cm³/mol. The van der Waals surface area contributed by atoms with E-state index in [1.165, 1.54) is 6.34 Å². The van der Waals surface area contributed by atoms with Crippen molar-refractivity contribution in [2.75, 3.05) is 32.7 Å². The smallest absolute Gasteiger partial charge is 0.258 e. The molecule has 0 bridgehead atoms. The summed E-state index contributed by atoms with van der Waals surface area (Å²) in [6.07, 6.45) is 8.68. The van der Waals surface area contributed by atoms with Gasteiger partial charge in [-0.25, -0.2) is 0 Å².